The second-order valence-corrected chi connectivity index (χ2v) is 21.4. The average molecular weight is 541 g/mol. The Balaban J connectivity index is 1.39. The molecular weight excluding hydrogens is 480 g/mol. The van der Waals surface area contributed by atoms with Crippen LogP contribution in [0.25, 0.3) is 0 Å². The van der Waals surface area contributed by atoms with Crippen LogP contribution in [-0.2, 0) is 9.22 Å². The fourth-order valence-corrected chi connectivity index (χ4v) is 10.2. The number of fused-ring (bicyclic) bond motifs is 4. The summed E-state index contributed by atoms with van der Waals surface area (Å²) in [5, 5.41) is 0.187. The predicted molar refractivity (Wildman–Crippen MR) is 165 cm³/mol. The van der Waals surface area contributed by atoms with Crippen molar-refractivity contribution in [1.82, 2.24) is 0 Å². The standard InChI is InChI=1S/C35H60O2Si/c1-24(13-17-30(36)25(2)23-37-38(10,11)32(3,4)5)27-15-16-28-26-14-18-31-33(6,7)20-12-21-35(31,9)29(26)19-22-34(27,28)8/h16,24-25,27,31H,12-15,17-23H2,1-11H3/t24-,25?,27-,31+,34-,35-/m1/s1. The van der Waals surface area contributed by atoms with E-state index in [9.17, 15) is 4.79 Å². The minimum Gasteiger partial charge on any atom is -0.416 e. The lowest BCUT2D eigenvalue weighted by molar-refractivity contribution is -0.123. The van der Waals surface area contributed by atoms with Gasteiger partial charge in [-0.15, -0.1) is 0 Å². The Labute approximate surface area is 237 Å². The molecule has 3 heteroatoms. The van der Waals surface area contributed by atoms with Crippen molar-refractivity contribution in [3.05, 3.63) is 22.8 Å². The van der Waals surface area contributed by atoms with Crippen molar-refractivity contribution in [2.45, 2.75) is 145 Å². The summed E-state index contributed by atoms with van der Waals surface area (Å²) in [6.45, 7) is 26.8. The molecule has 6 atom stereocenters. The third kappa shape index (κ3) is 5.22. The largest absolute Gasteiger partial charge is 0.416 e. The van der Waals surface area contributed by atoms with Crippen LogP contribution in [0.5, 0.6) is 0 Å². The molecule has 0 spiro atoms. The molecule has 0 radical (unpaired) electrons. The molecule has 1 unspecified atom stereocenters. The van der Waals surface area contributed by atoms with E-state index < -0.39 is 8.32 Å². The van der Waals surface area contributed by atoms with Crippen molar-refractivity contribution < 1.29 is 9.22 Å². The SMILES string of the molecule is CC(CO[Si](C)(C)C(C)(C)C)C(=O)CC[C@@H](C)[C@H]1CC=C2C3=C(CC[C@@]21C)[C@@]1(C)CCCC(C)(C)[C@@H]1CC3. The van der Waals surface area contributed by atoms with E-state index in [-0.39, 0.29) is 11.0 Å². The van der Waals surface area contributed by atoms with Gasteiger partial charge in [0.2, 0.25) is 0 Å². The lowest BCUT2D eigenvalue weighted by atomic mass is 9.47. The lowest BCUT2D eigenvalue weighted by Gasteiger charge is -2.58. The molecule has 0 aromatic rings. The number of allylic oxidation sites excluding steroid dienone is 4. The Morgan fingerprint density at radius 2 is 1.74 bits per heavy atom. The highest BCUT2D eigenvalue weighted by Crippen LogP contribution is 2.66. The summed E-state index contributed by atoms with van der Waals surface area (Å²) in [6, 6.07) is 0. The number of Topliss-reactive ketones (excluding diaryl/α,β-unsaturated/α-hetero) is 1. The fourth-order valence-electron chi connectivity index (χ4n) is 9.14. The molecule has 1 saturated carbocycles. The number of rotatable bonds is 8. The summed E-state index contributed by atoms with van der Waals surface area (Å²) in [5.41, 5.74) is 6.54. The van der Waals surface area contributed by atoms with Crippen molar-refractivity contribution in [3.63, 3.8) is 0 Å². The van der Waals surface area contributed by atoms with Crippen LogP contribution in [0.1, 0.15) is 127 Å². The van der Waals surface area contributed by atoms with Crippen molar-refractivity contribution in [2.75, 3.05) is 6.61 Å². The van der Waals surface area contributed by atoms with E-state index in [2.05, 4.69) is 81.5 Å². The van der Waals surface area contributed by atoms with E-state index in [1.165, 1.54) is 51.4 Å². The first-order valence-electron chi connectivity index (χ1n) is 16.0. The third-order valence-electron chi connectivity index (χ3n) is 12.8. The van der Waals surface area contributed by atoms with Crippen molar-refractivity contribution >= 4 is 14.1 Å². The van der Waals surface area contributed by atoms with E-state index in [0.29, 0.717) is 46.9 Å². The highest BCUT2D eigenvalue weighted by molar-refractivity contribution is 6.74. The third-order valence-corrected chi connectivity index (χ3v) is 17.3. The van der Waals surface area contributed by atoms with Gasteiger partial charge in [0.05, 0.1) is 0 Å². The molecule has 0 aromatic heterocycles. The van der Waals surface area contributed by atoms with Crippen LogP contribution >= 0.6 is 0 Å². The summed E-state index contributed by atoms with van der Waals surface area (Å²) in [4.78, 5) is 13.1. The van der Waals surface area contributed by atoms with Crippen LogP contribution in [0.15, 0.2) is 22.8 Å². The Morgan fingerprint density at radius 1 is 1.05 bits per heavy atom. The molecule has 0 amide bonds. The summed E-state index contributed by atoms with van der Waals surface area (Å²) >= 11 is 0. The minimum atomic E-state index is -1.81. The van der Waals surface area contributed by atoms with E-state index in [1.54, 1.807) is 11.1 Å². The number of carbonyl (C=O) groups is 1. The molecule has 0 aliphatic heterocycles. The van der Waals surface area contributed by atoms with Crippen molar-refractivity contribution in [2.24, 2.45) is 39.9 Å². The van der Waals surface area contributed by atoms with Gasteiger partial charge in [-0.1, -0.05) is 80.4 Å². The van der Waals surface area contributed by atoms with E-state index in [0.717, 1.165) is 12.3 Å². The molecule has 216 valence electrons. The van der Waals surface area contributed by atoms with Crippen LogP contribution in [0.3, 0.4) is 0 Å². The Hall–Kier alpha value is -0.673. The molecule has 0 heterocycles. The van der Waals surface area contributed by atoms with Gasteiger partial charge in [0.15, 0.2) is 8.32 Å². The molecule has 1 fully saturated rings. The molecule has 2 nitrogen and oxygen atoms in total. The molecule has 0 N–H and O–H groups in total. The quantitative estimate of drug-likeness (QED) is 0.286. The van der Waals surface area contributed by atoms with Gasteiger partial charge in [0.1, 0.15) is 5.78 Å². The van der Waals surface area contributed by atoms with Gasteiger partial charge in [-0.2, -0.15) is 0 Å². The zero-order chi connectivity index (χ0) is 28.3. The maximum atomic E-state index is 13.1. The Kier molecular flexibility index (Phi) is 8.21. The van der Waals surface area contributed by atoms with E-state index >= 15 is 0 Å². The van der Waals surface area contributed by atoms with Crippen LogP contribution in [0.2, 0.25) is 18.1 Å². The van der Waals surface area contributed by atoms with Crippen LogP contribution in [0, 0.1) is 39.9 Å². The fraction of sp³-hybridized carbons (Fsp3) is 0.857. The summed E-state index contributed by atoms with van der Waals surface area (Å²) in [6.07, 6.45) is 15.0. The number of ketones is 1. The van der Waals surface area contributed by atoms with Gasteiger partial charge in [-0.25, -0.2) is 0 Å². The maximum Gasteiger partial charge on any atom is 0.192 e. The van der Waals surface area contributed by atoms with Gasteiger partial charge in [0, 0.05) is 18.9 Å². The second-order valence-electron chi connectivity index (χ2n) is 16.6. The van der Waals surface area contributed by atoms with Gasteiger partial charge >= 0.3 is 0 Å². The minimum absolute atomic E-state index is 0.00208. The highest BCUT2D eigenvalue weighted by atomic mass is 28.4. The van der Waals surface area contributed by atoms with Gasteiger partial charge in [-0.3, -0.25) is 4.79 Å². The Bertz CT molecular complexity index is 978. The van der Waals surface area contributed by atoms with Crippen molar-refractivity contribution in [3.8, 4) is 0 Å². The molecule has 0 aromatic carbocycles. The summed E-state index contributed by atoms with van der Waals surface area (Å²) < 4.78 is 6.38. The van der Waals surface area contributed by atoms with Crippen LogP contribution < -0.4 is 0 Å². The first kappa shape index (κ1) is 30.3. The molecule has 0 bridgehead atoms. The van der Waals surface area contributed by atoms with E-state index in [4.69, 9.17) is 4.43 Å². The highest BCUT2D eigenvalue weighted by Gasteiger charge is 2.55. The first-order chi connectivity index (χ1) is 17.4. The van der Waals surface area contributed by atoms with Gasteiger partial charge in [0.25, 0.3) is 0 Å². The summed E-state index contributed by atoms with van der Waals surface area (Å²) in [5.74, 6) is 2.49. The monoisotopic (exact) mass is 540 g/mol. The number of hydrogen-bond acceptors (Lipinski definition) is 2. The molecule has 4 aliphatic rings. The smallest absolute Gasteiger partial charge is 0.192 e. The second kappa shape index (κ2) is 10.3. The molecule has 0 saturated heterocycles. The Morgan fingerprint density at radius 3 is 2.39 bits per heavy atom. The topological polar surface area (TPSA) is 26.3 Å². The zero-order valence-electron chi connectivity index (χ0n) is 27.0. The zero-order valence-corrected chi connectivity index (χ0v) is 28.0. The maximum absolute atomic E-state index is 13.1. The van der Waals surface area contributed by atoms with Gasteiger partial charge < -0.3 is 4.43 Å². The number of hydrogen-bond donors (Lipinski definition) is 0. The lowest BCUT2D eigenvalue weighted by Crippen LogP contribution is -2.47. The number of carbonyl (C=O) groups excluding carboxylic acids is 1. The van der Waals surface area contributed by atoms with Gasteiger partial charge in [-0.05, 0) is 115 Å². The van der Waals surface area contributed by atoms with Crippen molar-refractivity contribution in [1.29, 1.82) is 0 Å². The predicted octanol–water partition coefficient (Wildman–Crippen LogP) is 10.3. The summed E-state index contributed by atoms with van der Waals surface area (Å²) in [7, 11) is -1.81. The average Bonchev–Trinajstić information content (AvgIpc) is 3.17. The molecule has 38 heavy (non-hydrogen) atoms. The molecular formula is C35H60O2Si. The molecule has 4 aliphatic carbocycles. The van der Waals surface area contributed by atoms with Crippen LogP contribution in [-0.4, -0.2) is 20.7 Å². The normalized spacial score (nSPS) is 34.7. The van der Waals surface area contributed by atoms with Crippen LogP contribution in [0.4, 0.5) is 0 Å². The van der Waals surface area contributed by atoms with E-state index in [1.807, 2.05) is 5.57 Å². The molecule has 4 rings (SSSR count). The first-order valence-corrected chi connectivity index (χ1v) is 18.9.